The molecular weight excluding hydrogens is 266 g/mol. The van der Waals surface area contributed by atoms with E-state index in [0.29, 0.717) is 0 Å². The monoisotopic (exact) mass is 291 g/mol. The SMILES string of the molecule is CC(C)(CNS(=O)(=O)CC1CCCCC1)C(N)=NO. The van der Waals surface area contributed by atoms with Crippen LogP contribution in [0.1, 0.15) is 46.0 Å². The van der Waals surface area contributed by atoms with Gasteiger partial charge in [0.2, 0.25) is 10.0 Å². The molecule has 112 valence electrons. The van der Waals surface area contributed by atoms with Crippen LogP contribution in [0.3, 0.4) is 0 Å². The number of hydrogen-bond donors (Lipinski definition) is 3. The van der Waals surface area contributed by atoms with E-state index >= 15 is 0 Å². The lowest BCUT2D eigenvalue weighted by Gasteiger charge is -2.25. The van der Waals surface area contributed by atoms with Crippen molar-refractivity contribution < 1.29 is 13.6 Å². The first-order chi connectivity index (χ1) is 8.77. The van der Waals surface area contributed by atoms with E-state index in [0.717, 1.165) is 25.7 Å². The highest BCUT2D eigenvalue weighted by atomic mass is 32.2. The molecule has 1 rings (SSSR count). The molecule has 0 unspecified atom stereocenters. The first-order valence-electron chi connectivity index (χ1n) is 6.72. The second-order valence-electron chi connectivity index (χ2n) is 5.98. The minimum atomic E-state index is -3.30. The third kappa shape index (κ3) is 5.36. The summed E-state index contributed by atoms with van der Waals surface area (Å²) in [4.78, 5) is 0. The molecule has 1 aliphatic carbocycles. The molecule has 0 heterocycles. The van der Waals surface area contributed by atoms with Gasteiger partial charge in [-0.1, -0.05) is 38.3 Å². The highest BCUT2D eigenvalue weighted by Gasteiger charge is 2.27. The van der Waals surface area contributed by atoms with E-state index in [1.54, 1.807) is 13.8 Å². The van der Waals surface area contributed by atoms with Gasteiger partial charge in [-0.2, -0.15) is 0 Å². The van der Waals surface area contributed by atoms with Gasteiger partial charge in [-0.3, -0.25) is 0 Å². The van der Waals surface area contributed by atoms with E-state index in [4.69, 9.17) is 10.9 Å². The fraction of sp³-hybridized carbons (Fsp3) is 0.917. The quantitative estimate of drug-likeness (QED) is 0.296. The van der Waals surface area contributed by atoms with Crippen LogP contribution in [0.15, 0.2) is 5.16 Å². The van der Waals surface area contributed by atoms with Gasteiger partial charge >= 0.3 is 0 Å². The lowest BCUT2D eigenvalue weighted by molar-refractivity contribution is 0.307. The largest absolute Gasteiger partial charge is 0.409 e. The summed E-state index contributed by atoms with van der Waals surface area (Å²) in [6.07, 6.45) is 5.43. The van der Waals surface area contributed by atoms with Gasteiger partial charge in [0.1, 0.15) is 5.84 Å². The van der Waals surface area contributed by atoms with E-state index in [1.165, 1.54) is 6.42 Å². The van der Waals surface area contributed by atoms with Crippen molar-refractivity contribution in [2.45, 2.75) is 46.0 Å². The van der Waals surface area contributed by atoms with Crippen LogP contribution in [0, 0.1) is 11.3 Å². The lowest BCUT2D eigenvalue weighted by atomic mass is 9.91. The third-order valence-corrected chi connectivity index (χ3v) is 5.21. The van der Waals surface area contributed by atoms with Gasteiger partial charge in [-0.25, -0.2) is 13.1 Å². The smallest absolute Gasteiger partial charge is 0.211 e. The number of sulfonamides is 1. The predicted molar refractivity (Wildman–Crippen MR) is 75.6 cm³/mol. The lowest BCUT2D eigenvalue weighted by Crippen LogP contribution is -2.43. The highest BCUT2D eigenvalue weighted by Crippen LogP contribution is 2.24. The molecule has 0 amide bonds. The summed E-state index contributed by atoms with van der Waals surface area (Å²) in [5.41, 5.74) is 4.83. The summed E-state index contributed by atoms with van der Waals surface area (Å²) in [6, 6.07) is 0. The van der Waals surface area contributed by atoms with Gasteiger partial charge < -0.3 is 10.9 Å². The van der Waals surface area contributed by atoms with Crippen LogP contribution >= 0.6 is 0 Å². The van der Waals surface area contributed by atoms with E-state index < -0.39 is 15.4 Å². The van der Waals surface area contributed by atoms with Crippen molar-refractivity contribution in [1.29, 1.82) is 0 Å². The number of oxime groups is 1. The van der Waals surface area contributed by atoms with Crippen LogP contribution in [0.25, 0.3) is 0 Å². The number of rotatable bonds is 6. The molecule has 0 atom stereocenters. The molecule has 4 N–H and O–H groups in total. The summed E-state index contributed by atoms with van der Waals surface area (Å²) in [5, 5.41) is 11.6. The van der Waals surface area contributed by atoms with E-state index in [1.807, 2.05) is 0 Å². The average molecular weight is 291 g/mol. The second-order valence-corrected chi connectivity index (χ2v) is 7.83. The van der Waals surface area contributed by atoms with Crippen molar-refractivity contribution in [3.8, 4) is 0 Å². The first-order valence-corrected chi connectivity index (χ1v) is 8.37. The fourth-order valence-electron chi connectivity index (χ4n) is 2.24. The summed E-state index contributed by atoms with van der Waals surface area (Å²) in [5.74, 6) is 0.463. The van der Waals surface area contributed by atoms with E-state index in [9.17, 15) is 8.42 Å². The first kappa shape index (κ1) is 16.2. The zero-order valence-electron chi connectivity index (χ0n) is 11.7. The number of nitrogens with two attached hydrogens (primary N) is 1. The van der Waals surface area contributed by atoms with Crippen LogP contribution in [0.5, 0.6) is 0 Å². The standard InChI is InChI=1S/C12H25N3O3S/c1-12(2,11(13)15-16)9-14-19(17,18)8-10-6-4-3-5-7-10/h10,14,16H,3-9H2,1-2H3,(H2,13,15). The average Bonchev–Trinajstić information content (AvgIpc) is 2.36. The Labute approximate surface area is 115 Å². The molecule has 0 aromatic rings. The summed E-state index contributed by atoms with van der Waals surface area (Å²) in [7, 11) is -3.30. The number of nitrogens with zero attached hydrogens (tertiary/aromatic N) is 1. The molecule has 0 aliphatic heterocycles. The number of nitrogens with one attached hydrogen (secondary N) is 1. The molecule has 7 heteroatoms. The molecule has 0 bridgehead atoms. The minimum absolute atomic E-state index is 0.0212. The molecule has 0 aromatic carbocycles. The zero-order chi connectivity index (χ0) is 14.5. The van der Waals surface area contributed by atoms with Crippen molar-refractivity contribution in [2.24, 2.45) is 22.2 Å². The Balaban J connectivity index is 2.50. The van der Waals surface area contributed by atoms with Gasteiger partial charge in [-0.05, 0) is 18.8 Å². The Bertz CT molecular complexity index is 412. The molecule has 6 nitrogen and oxygen atoms in total. The van der Waals surface area contributed by atoms with Crippen molar-refractivity contribution >= 4 is 15.9 Å². The topological polar surface area (TPSA) is 105 Å². The van der Waals surface area contributed by atoms with E-state index in [-0.39, 0.29) is 24.1 Å². The summed E-state index contributed by atoms with van der Waals surface area (Å²) >= 11 is 0. The molecule has 1 fully saturated rings. The third-order valence-electron chi connectivity index (χ3n) is 3.72. The van der Waals surface area contributed by atoms with Gasteiger partial charge in [-0.15, -0.1) is 0 Å². The molecule has 1 saturated carbocycles. The normalized spacial score (nSPS) is 19.6. The van der Waals surface area contributed by atoms with Gasteiger partial charge in [0.15, 0.2) is 0 Å². The summed E-state index contributed by atoms with van der Waals surface area (Å²) in [6.45, 7) is 3.59. The van der Waals surface area contributed by atoms with Crippen molar-refractivity contribution in [3.05, 3.63) is 0 Å². The highest BCUT2D eigenvalue weighted by molar-refractivity contribution is 7.89. The van der Waals surface area contributed by atoms with Crippen molar-refractivity contribution in [1.82, 2.24) is 4.72 Å². The fourth-order valence-corrected chi connectivity index (χ4v) is 3.89. The molecule has 1 aliphatic rings. The molecule has 0 spiro atoms. The Morgan fingerprint density at radius 1 is 1.37 bits per heavy atom. The number of amidine groups is 1. The maximum Gasteiger partial charge on any atom is 0.211 e. The van der Waals surface area contributed by atoms with Crippen LogP contribution in [-0.2, 0) is 10.0 Å². The minimum Gasteiger partial charge on any atom is -0.409 e. The summed E-state index contributed by atoms with van der Waals surface area (Å²) < 4.78 is 26.6. The predicted octanol–water partition coefficient (Wildman–Crippen LogP) is 1.26. The van der Waals surface area contributed by atoms with Gasteiger partial charge in [0.05, 0.1) is 5.75 Å². The Kier molecular flexibility index (Phi) is 5.61. The molecule has 0 saturated heterocycles. The maximum atomic E-state index is 12.0. The van der Waals surface area contributed by atoms with Crippen LogP contribution in [0.4, 0.5) is 0 Å². The number of hydrogen-bond acceptors (Lipinski definition) is 4. The van der Waals surface area contributed by atoms with Gasteiger partial charge in [0.25, 0.3) is 0 Å². The molecule has 0 radical (unpaired) electrons. The zero-order valence-corrected chi connectivity index (χ0v) is 12.5. The maximum absolute atomic E-state index is 12.0. The van der Waals surface area contributed by atoms with Crippen LogP contribution in [-0.4, -0.2) is 31.8 Å². The van der Waals surface area contributed by atoms with Crippen molar-refractivity contribution in [3.63, 3.8) is 0 Å². The van der Waals surface area contributed by atoms with Crippen LogP contribution < -0.4 is 10.5 Å². The molecule has 0 aromatic heterocycles. The Morgan fingerprint density at radius 2 is 1.95 bits per heavy atom. The molecule has 19 heavy (non-hydrogen) atoms. The second kappa shape index (κ2) is 6.56. The molecular formula is C12H25N3O3S. The van der Waals surface area contributed by atoms with Gasteiger partial charge in [0, 0.05) is 12.0 Å². The Morgan fingerprint density at radius 3 is 2.47 bits per heavy atom. The van der Waals surface area contributed by atoms with Crippen LogP contribution in [0.2, 0.25) is 0 Å². The van der Waals surface area contributed by atoms with Crippen molar-refractivity contribution in [2.75, 3.05) is 12.3 Å². The van der Waals surface area contributed by atoms with E-state index in [2.05, 4.69) is 9.88 Å². The Hall–Kier alpha value is -0.820.